The van der Waals surface area contributed by atoms with E-state index in [0.29, 0.717) is 64.8 Å². The molecule has 1 amide bonds. The van der Waals surface area contributed by atoms with Crippen molar-refractivity contribution in [2.45, 2.75) is 81.8 Å². The molecule has 19 nitrogen and oxygen atoms in total. The predicted octanol–water partition coefficient (Wildman–Crippen LogP) is 9.46. The van der Waals surface area contributed by atoms with Gasteiger partial charge in [0.25, 0.3) is 5.91 Å². The lowest BCUT2D eigenvalue weighted by atomic mass is 9.53. The molecule has 2 saturated heterocycles. The van der Waals surface area contributed by atoms with E-state index in [1.807, 2.05) is 11.0 Å². The number of hydrogen-bond acceptors (Lipinski definition) is 13. The van der Waals surface area contributed by atoms with Crippen molar-refractivity contribution >= 4 is 77.6 Å². The summed E-state index contributed by atoms with van der Waals surface area (Å²) in [5, 5.41) is 17.1. The van der Waals surface area contributed by atoms with Gasteiger partial charge in [-0.2, -0.15) is 0 Å². The third-order valence-corrected chi connectivity index (χ3v) is 17.3. The van der Waals surface area contributed by atoms with Crippen molar-refractivity contribution in [1.82, 2.24) is 19.4 Å². The molecule has 2 saturated carbocycles. The lowest BCUT2D eigenvalue weighted by Crippen LogP contribution is -2.74. The molecule has 22 heteroatoms. The van der Waals surface area contributed by atoms with E-state index in [-0.39, 0.29) is 39.9 Å². The van der Waals surface area contributed by atoms with Crippen LogP contribution >= 0.6 is 0 Å². The van der Waals surface area contributed by atoms with E-state index in [4.69, 9.17) is 26.7 Å². The molecule has 4 aliphatic rings. The Morgan fingerprint density at radius 1 is 0.699 bits per heavy atom. The van der Waals surface area contributed by atoms with Gasteiger partial charge in [-0.05, 0) is 173 Å². The van der Waals surface area contributed by atoms with Gasteiger partial charge in [-0.3, -0.25) is 19.1 Å². The molecule has 4 fully saturated rings. The van der Waals surface area contributed by atoms with E-state index in [9.17, 15) is 40.4 Å². The van der Waals surface area contributed by atoms with Crippen molar-refractivity contribution in [3.63, 3.8) is 0 Å². The Balaban J connectivity index is 0.000000206. The molecule has 83 heavy (non-hydrogen) atoms. The average molecular weight is 1170 g/mol. The number of carbonyl (C=O) groups is 4. The number of methoxy groups -OCH3 is 1. The van der Waals surface area contributed by atoms with Crippen molar-refractivity contribution in [3.8, 4) is 0 Å². The van der Waals surface area contributed by atoms with Gasteiger partial charge in [0.2, 0.25) is 20.0 Å². The van der Waals surface area contributed by atoms with Crippen molar-refractivity contribution in [2.75, 3.05) is 60.2 Å². The van der Waals surface area contributed by atoms with E-state index in [0.717, 1.165) is 61.6 Å². The monoisotopic (exact) mass is 1170 g/mol. The maximum atomic E-state index is 14.6. The fourth-order valence-electron chi connectivity index (χ4n) is 12.4. The second kappa shape index (κ2) is 25.4. The van der Waals surface area contributed by atoms with Crippen molar-refractivity contribution in [3.05, 3.63) is 185 Å². The van der Waals surface area contributed by atoms with Crippen molar-refractivity contribution < 1.29 is 55.4 Å². The van der Waals surface area contributed by atoms with Gasteiger partial charge in [0.05, 0.1) is 47.3 Å². The van der Waals surface area contributed by atoms with Crippen molar-refractivity contribution in [2.24, 2.45) is 5.41 Å². The summed E-state index contributed by atoms with van der Waals surface area (Å²) in [6.07, 6.45) is 10.6. The van der Waals surface area contributed by atoms with Crippen LogP contribution in [0.2, 0.25) is 0 Å². The zero-order chi connectivity index (χ0) is 59.9. The number of benzene rings is 6. The van der Waals surface area contributed by atoms with Crippen LogP contribution in [0.5, 0.6) is 0 Å². The highest BCUT2D eigenvalue weighted by Crippen LogP contribution is 2.67. The number of fused-ring (bicyclic) bond motifs is 1. The number of likely N-dealkylation sites (tertiary alicyclic amines) is 2. The number of halogens is 1. The summed E-state index contributed by atoms with van der Waals surface area (Å²) >= 11 is 0. The fraction of sp³-hybridized carbons (Fsp3) is 0.328. The number of nitrogens with one attached hydrogen (secondary N) is 2. The third kappa shape index (κ3) is 14.7. The first-order chi connectivity index (χ1) is 39.4. The minimum atomic E-state index is -3.45. The van der Waals surface area contributed by atoms with Crippen LogP contribution in [0.1, 0.15) is 110 Å². The van der Waals surface area contributed by atoms with Gasteiger partial charge in [-0.15, -0.1) is 0 Å². The summed E-state index contributed by atoms with van der Waals surface area (Å²) in [4.78, 5) is 54.8. The molecule has 0 bridgehead atoms. The molecular weight excluding hydrogens is 1100 g/mol. The second-order valence-corrected chi connectivity index (χ2v) is 25.1. The maximum absolute atomic E-state index is 14.6. The van der Waals surface area contributed by atoms with Gasteiger partial charge in [0.1, 0.15) is 11.6 Å². The van der Waals surface area contributed by atoms with Crippen LogP contribution in [0, 0.1) is 18.2 Å². The number of rotatable bonds is 14. The molecule has 4 atom stereocenters. The Morgan fingerprint density at radius 3 is 1.81 bits per heavy atom. The number of ether oxygens (including phenoxy) is 1. The minimum absolute atomic E-state index is 0.0404. The molecule has 7 aromatic rings. The summed E-state index contributed by atoms with van der Waals surface area (Å²) in [6, 6.07) is 42.4. The maximum Gasteiger partial charge on any atom is 0.337 e. The lowest BCUT2D eigenvalue weighted by molar-refractivity contribution is -0.188. The van der Waals surface area contributed by atoms with E-state index in [2.05, 4.69) is 60.9 Å². The van der Waals surface area contributed by atoms with Gasteiger partial charge >= 0.3 is 17.9 Å². The standard InChI is InChI=1S/C38H44FN5O3S.C8H9NO4S.C8H9NO2.C7H7NO2/c1-26-40-32-12-3-4-13-33(32)44(26)31-24-35-38(25-31)16-14-34(38)43(35)19-7-15-37(28-9-6-10-29(39)23-28)17-20-42(21-18-37)36(45)27-8-5-11-30(22-27)41-48(2,46)47;1-14(12,13)9-7-4-2-3-6(5-7)8(10)11;1-11-8(10)6-3-2-4-7(9)5-6;8-6-3-1-2-5(4-6)7(9)10/h3-6,8-13,22-23,31,34-35,41H,7,14-21,24-25H2,1-2H3;2-5,9H,1H3,(H,10,11);2-5H,9H2,1H3;1-4H,8H2,(H,9,10). The number of sulfonamides is 2. The van der Waals surface area contributed by atoms with E-state index >= 15 is 0 Å². The highest BCUT2D eigenvalue weighted by Gasteiger charge is 2.69. The Kier molecular flexibility index (Phi) is 18.6. The van der Waals surface area contributed by atoms with Crippen LogP contribution in [0.4, 0.5) is 27.1 Å². The molecule has 1 aromatic heterocycles. The van der Waals surface area contributed by atoms with Gasteiger partial charge in [-0.25, -0.2) is 40.6 Å². The molecule has 4 unspecified atom stereocenters. The predicted molar refractivity (Wildman–Crippen MR) is 318 cm³/mol. The largest absolute Gasteiger partial charge is 0.478 e. The number of nitrogens with two attached hydrogens (primary N) is 2. The number of carboxylic acids is 2. The Hall–Kier alpha value is -8.34. The number of aromatic carboxylic acids is 2. The van der Waals surface area contributed by atoms with Gasteiger partial charge < -0.3 is 35.9 Å². The molecule has 8 N–H and O–H groups in total. The molecule has 3 heterocycles. The number of nitrogens with zero attached hydrogens (tertiary/aromatic N) is 4. The van der Waals surface area contributed by atoms with Crippen LogP contribution in [-0.4, -0.2) is 122 Å². The molecule has 6 aromatic carbocycles. The number of imidazole rings is 1. The molecule has 438 valence electrons. The first kappa shape index (κ1) is 60.7. The first-order valence-corrected chi connectivity index (χ1v) is 30.8. The average Bonchev–Trinajstić information content (AvgIpc) is 1.64. The van der Waals surface area contributed by atoms with Crippen LogP contribution in [0.15, 0.2) is 146 Å². The summed E-state index contributed by atoms with van der Waals surface area (Å²) in [5.74, 6) is -1.63. The number of aryl methyl sites for hydroxylation is 1. The quantitative estimate of drug-likeness (QED) is 0.0437. The summed E-state index contributed by atoms with van der Waals surface area (Å²) < 4.78 is 71.3. The topological polar surface area (TPSA) is 287 Å². The zero-order valence-corrected chi connectivity index (χ0v) is 48.2. The smallest absolute Gasteiger partial charge is 0.337 e. The molecule has 1 spiro atoms. The number of carbonyl (C=O) groups excluding carboxylic acids is 2. The molecular formula is C61H69FN8O11S2. The number of anilines is 4. The second-order valence-electron chi connectivity index (χ2n) is 21.6. The van der Waals surface area contributed by atoms with Crippen molar-refractivity contribution in [1.29, 1.82) is 0 Å². The van der Waals surface area contributed by atoms with Gasteiger partial charge in [-0.1, -0.05) is 48.5 Å². The van der Waals surface area contributed by atoms with Gasteiger partial charge in [0.15, 0.2) is 0 Å². The highest BCUT2D eigenvalue weighted by molar-refractivity contribution is 7.92. The Labute approximate surface area is 482 Å². The number of para-hydroxylation sites is 2. The Bertz CT molecular complexity index is 3760. The van der Waals surface area contributed by atoms with Crippen LogP contribution < -0.4 is 20.9 Å². The third-order valence-electron chi connectivity index (χ3n) is 16.0. The fourth-order valence-corrected chi connectivity index (χ4v) is 13.5. The minimum Gasteiger partial charge on any atom is -0.478 e. The summed E-state index contributed by atoms with van der Waals surface area (Å²) in [6.45, 7) is 4.33. The lowest BCUT2D eigenvalue weighted by Gasteiger charge is -2.68. The zero-order valence-electron chi connectivity index (χ0n) is 46.6. The number of aromatic nitrogens is 2. The van der Waals surface area contributed by atoms with Crippen LogP contribution in [0.25, 0.3) is 11.0 Å². The van der Waals surface area contributed by atoms with E-state index < -0.39 is 32.0 Å². The Morgan fingerprint density at radius 2 is 1.25 bits per heavy atom. The van der Waals surface area contributed by atoms with E-state index in [1.165, 1.54) is 80.8 Å². The highest BCUT2D eigenvalue weighted by atomic mass is 32.2. The number of carboxylic acid groups (broad SMARTS) is 2. The number of nitrogen functional groups attached to an aromatic ring is 2. The van der Waals surface area contributed by atoms with Crippen LogP contribution in [-0.2, 0) is 30.2 Å². The number of hydrogen-bond donors (Lipinski definition) is 6. The molecule has 0 radical (unpaired) electrons. The van der Waals surface area contributed by atoms with Gasteiger partial charge in [0, 0.05) is 64.9 Å². The first-order valence-electron chi connectivity index (χ1n) is 27.0. The number of piperidine rings is 2. The van der Waals surface area contributed by atoms with E-state index in [1.54, 1.807) is 66.7 Å². The molecule has 11 rings (SSSR count). The molecule has 2 aliphatic heterocycles. The summed E-state index contributed by atoms with van der Waals surface area (Å²) in [7, 11) is -5.47. The normalized spacial score (nSPS) is 19.4. The van der Waals surface area contributed by atoms with Crippen LogP contribution in [0.3, 0.4) is 0 Å². The SMILES string of the molecule is COC(=O)c1cccc(N)c1.CS(=O)(=O)Nc1cccc(C(=O)O)c1.Cc1nc2ccccc2n1C1CC2N(CCCC3(c4cccc(F)c4)CCN(C(=O)c4cccc(NS(C)(=O)=O)c4)CC3)C3CCC32C1.Nc1cccc(C(=O)O)c1. The molecule has 2 aliphatic carbocycles. The summed E-state index contributed by atoms with van der Waals surface area (Å²) in [5.41, 5.74) is 17.2. The number of esters is 1. The number of amides is 1.